The van der Waals surface area contributed by atoms with Crippen molar-refractivity contribution < 1.29 is 9.53 Å². The Hall–Kier alpha value is -1.91. The van der Waals surface area contributed by atoms with Crippen molar-refractivity contribution in [3.63, 3.8) is 0 Å². The van der Waals surface area contributed by atoms with E-state index in [-0.39, 0.29) is 0 Å². The smallest absolute Gasteiger partial charge is 0.240 e. The number of isocyanates is 1. The van der Waals surface area contributed by atoms with Crippen LogP contribution in [0.15, 0.2) is 17.1 Å². The Morgan fingerprint density at radius 2 is 2.40 bits per heavy atom. The van der Waals surface area contributed by atoms with Gasteiger partial charge in [-0.25, -0.2) is 9.78 Å². The Balaban J connectivity index is 2.75. The maximum Gasteiger partial charge on any atom is 0.240 e. The molecule has 2 aromatic rings. The predicted octanol–water partition coefficient (Wildman–Crippen LogP) is 1.85. The number of benzene rings is 1. The minimum absolute atomic E-state index is 0.454. The summed E-state index contributed by atoms with van der Waals surface area (Å²) in [4.78, 5) is 17.8. The number of carbonyl (C=O) groups excluding carboxylic acids is 1. The van der Waals surface area contributed by atoms with Crippen LogP contribution in [-0.4, -0.2) is 18.2 Å². The molecule has 0 amide bonds. The molecule has 0 bridgehead atoms. The quantitative estimate of drug-likeness (QED) is 0.620. The summed E-state index contributed by atoms with van der Waals surface area (Å²) >= 11 is 1.32. The van der Waals surface area contributed by atoms with Gasteiger partial charge in [0.15, 0.2) is 5.13 Å². The number of hydrogen-bond donors (Lipinski definition) is 1. The molecule has 0 aliphatic heterocycles. The third-order valence-corrected chi connectivity index (χ3v) is 2.69. The second-order valence-electron chi connectivity index (χ2n) is 2.75. The van der Waals surface area contributed by atoms with Crippen LogP contribution in [0.1, 0.15) is 0 Å². The van der Waals surface area contributed by atoms with Crippen molar-refractivity contribution in [2.24, 2.45) is 4.99 Å². The van der Waals surface area contributed by atoms with E-state index in [1.807, 2.05) is 0 Å². The van der Waals surface area contributed by atoms with Gasteiger partial charge in [-0.1, -0.05) is 11.3 Å². The maximum atomic E-state index is 10.1. The standard InChI is InChI=1S/C9H7N3O2S/c1-14-6-2-5(11-4-13)3-7-8(6)12-9(10)15-7/h2-3H,1H3,(H2,10,12). The Morgan fingerprint density at radius 3 is 3.07 bits per heavy atom. The van der Waals surface area contributed by atoms with Crippen LogP contribution in [0.25, 0.3) is 10.2 Å². The lowest BCUT2D eigenvalue weighted by atomic mass is 10.3. The highest BCUT2D eigenvalue weighted by molar-refractivity contribution is 7.22. The number of nitrogens with zero attached hydrogens (tertiary/aromatic N) is 2. The van der Waals surface area contributed by atoms with Crippen molar-refractivity contribution >= 4 is 38.5 Å². The summed E-state index contributed by atoms with van der Waals surface area (Å²) in [7, 11) is 1.53. The lowest BCUT2D eigenvalue weighted by Crippen LogP contribution is -1.85. The monoisotopic (exact) mass is 221 g/mol. The largest absolute Gasteiger partial charge is 0.494 e. The number of ether oxygens (including phenoxy) is 1. The molecular weight excluding hydrogens is 214 g/mol. The van der Waals surface area contributed by atoms with E-state index in [0.717, 1.165) is 4.70 Å². The fourth-order valence-electron chi connectivity index (χ4n) is 1.27. The molecule has 0 atom stereocenters. The summed E-state index contributed by atoms with van der Waals surface area (Å²) in [5, 5.41) is 0.454. The van der Waals surface area contributed by atoms with Crippen molar-refractivity contribution in [1.29, 1.82) is 0 Å². The lowest BCUT2D eigenvalue weighted by Gasteiger charge is -2.00. The molecule has 2 N–H and O–H groups in total. The van der Waals surface area contributed by atoms with Gasteiger partial charge in [-0.05, 0) is 6.07 Å². The van der Waals surface area contributed by atoms with Crippen molar-refractivity contribution in [2.75, 3.05) is 12.8 Å². The van der Waals surface area contributed by atoms with E-state index in [4.69, 9.17) is 10.5 Å². The molecule has 1 aromatic carbocycles. The second-order valence-corrected chi connectivity index (χ2v) is 3.81. The molecule has 5 nitrogen and oxygen atoms in total. The fourth-order valence-corrected chi connectivity index (χ4v) is 2.06. The Bertz CT molecular complexity index is 558. The number of fused-ring (bicyclic) bond motifs is 1. The van der Waals surface area contributed by atoms with Gasteiger partial charge in [0, 0.05) is 6.07 Å². The van der Waals surface area contributed by atoms with Crippen LogP contribution in [0.4, 0.5) is 10.8 Å². The molecule has 0 aliphatic rings. The van der Waals surface area contributed by atoms with E-state index in [9.17, 15) is 4.79 Å². The Labute approximate surface area is 89.2 Å². The number of nitrogens with two attached hydrogens (primary N) is 1. The molecule has 0 unspecified atom stereocenters. The Kier molecular flexibility index (Phi) is 2.37. The Morgan fingerprint density at radius 1 is 1.60 bits per heavy atom. The molecule has 0 saturated heterocycles. The number of aliphatic imine (C=N–C) groups is 1. The van der Waals surface area contributed by atoms with Crippen LogP contribution in [0.3, 0.4) is 0 Å². The number of rotatable bonds is 2. The summed E-state index contributed by atoms with van der Waals surface area (Å²) in [6, 6.07) is 3.34. The first-order chi connectivity index (χ1) is 7.24. The third kappa shape index (κ3) is 1.68. The number of methoxy groups -OCH3 is 1. The molecule has 15 heavy (non-hydrogen) atoms. The normalized spacial score (nSPS) is 9.93. The van der Waals surface area contributed by atoms with Gasteiger partial charge in [0.1, 0.15) is 11.3 Å². The summed E-state index contributed by atoms with van der Waals surface area (Å²) in [6.07, 6.45) is 1.48. The zero-order chi connectivity index (χ0) is 10.8. The van der Waals surface area contributed by atoms with Gasteiger partial charge in [0.25, 0.3) is 0 Å². The van der Waals surface area contributed by atoms with E-state index in [1.54, 1.807) is 12.1 Å². The zero-order valence-electron chi connectivity index (χ0n) is 7.85. The average Bonchev–Trinajstić information content (AvgIpc) is 2.57. The highest BCUT2D eigenvalue weighted by Crippen LogP contribution is 2.35. The first kappa shape index (κ1) is 9.64. The average molecular weight is 221 g/mol. The summed E-state index contributed by atoms with van der Waals surface area (Å²) in [6.45, 7) is 0. The van der Waals surface area contributed by atoms with Crippen LogP contribution in [0.5, 0.6) is 5.75 Å². The molecule has 1 heterocycles. The topological polar surface area (TPSA) is 77.6 Å². The van der Waals surface area contributed by atoms with Crippen molar-refractivity contribution in [1.82, 2.24) is 4.98 Å². The van der Waals surface area contributed by atoms with Gasteiger partial charge < -0.3 is 10.5 Å². The van der Waals surface area contributed by atoms with E-state index < -0.39 is 0 Å². The van der Waals surface area contributed by atoms with Crippen molar-refractivity contribution in [3.8, 4) is 5.75 Å². The maximum absolute atomic E-state index is 10.1. The second kappa shape index (κ2) is 3.68. The highest BCUT2D eigenvalue weighted by atomic mass is 32.1. The molecule has 2 rings (SSSR count). The van der Waals surface area contributed by atoms with E-state index in [1.165, 1.54) is 24.5 Å². The van der Waals surface area contributed by atoms with Crippen molar-refractivity contribution in [3.05, 3.63) is 12.1 Å². The van der Waals surface area contributed by atoms with Crippen LogP contribution in [-0.2, 0) is 4.79 Å². The van der Waals surface area contributed by atoms with Crippen LogP contribution in [0, 0.1) is 0 Å². The van der Waals surface area contributed by atoms with Gasteiger partial charge in [-0.2, -0.15) is 4.99 Å². The van der Waals surface area contributed by atoms with Crippen LogP contribution >= 0.6 is 11.3 Å². The summed E-state index contributed by atoms with van der Waals surface area (Å²) < 4.78 is 5.96. The third-order valence-electron chi connectivity index (χ3n) is 1.86. The first-order valence-electron chi connectivity index (χ1n) is 4.06. The summed E-state index contributed by atoms with van der Waals surface area (Å²) in [5.74, 6) is 0.550. The van der Waals surface area contributed by atoms with E-state index in [0.29, 0.717) is 22.1 Å². The van der Waals surface area contributed by atoms with Crippen molar-refractivity contribution in [2.45, 2.75) is 0 Å². The molecule has 1 aromatic heterocycles. The van der Waals surface area contributed by atoms with Gasteiger partial charge in [-0.15, -0.1) is 0 Å². The van der Waals surface area contributed by atoms with Gasteiger partial charge in [0.2, 0.25) is 6.08 Å². The summed E-state index contributed by atoms with van der Waals surface area (Å²) in [5.41, 5.74) is 6.75. The van der Waals surface area contributed by atoms with E-state index >= 15 is 0 Å². The molecule has 0 radical (unpaired) electrons. The first-order valence-corrected chi connectivity index (χ1v) is 4.88. The van der Waals surface area contributed by atoms with Gasteiger partial charge in [-0.3, -0.25) is 0 Å². The molecule has 0 fully saturated rings. The fraction of sp³-hybridized carbons (Fsp3) is 0.111. The van der Waals surface area contributed by atoms with E-state index in [2.05, 4.69) is 9.98 Å². The number of thiazole rings is 1. The van der Waals surface area contributed by atoms with Gasteiger partial charge >= 0.3 is 0 Å². The van der Waals surface area contributed by atoms with Crippen LogP contribution in [0.2, 0.25) is 0 Å². The number of aromatic nitrogens is 1. The molecule has 76 valence electrons. The minimum Gasteiger partial charge on any atom is -0.494 e. The molecule has 0 aliphatic carbocycles. The number of nitrogen functional groups attached to an aromatic ring is 1. The highest BCUT2D eigenvalue weighted by Gasteiger charge is 2.09. The van der Waals surface area contributed by atoms with Crippen LogP contribution < -0.4 is 10.5 Å². The SMILES string of the molecule is COc1cc(N=C=O)cc2sc(N)nc12. The number of hydrogen-bond acceptors (Lipinski definition) is 6. The lowest BCUT2D eigenvalue weighted by molar-refractivity contribution is 0.419. The molecular formula is C9H7N3O2S. The number of anilines is 1. The molecule has 0 spiro atoms. The minimum atomic E-state index is 0.454. The zero-order valence-corrected chi connectivity index (χ0v) is 8.67. The van der Waals surface area contributed by atoms with Gasteiger partial charge in [0.05, 0.1) is 17.5 Å². The molecule has 6 heteroatoms. The predicted molar refractivity (Wildman–Crippen MR) is 58.4 cm³/mol. The molecule has 0 saturated carbocycles.